The summed E-state index contributed by atoms with van der Waals surface area (Å²) < 4.78 is 5.38. The topological polar surface area (TPSA) is 80.2 Å². The summed E-state index contributed by atoms with van der Waals surface area (Å²) in [4.78, 5) is 27.9. The van der Waals surface area contributed by atoms with E-state index in [9.17, 15) is 4.79 Å². The van der Waals surface area contributed by atoms with Crippen LogP contribution in [0.15, 0.2) is 67.0 Å². The molecule has 3 heterocycles. The summed E-state index contributed by atoms with van der Waals surface area (Å²) in [5.74, 6) is 2.14. The Labute approximate surface area is 179 Å². The second-order valence-corrected chi connectivity index (χ2v) is 7.35. The Morgan fingerprint density at radius 2 is 1.87 bits per heavy atom. The van der Waals surface area contributed by atoms with Gasteiger partial charge in [0.25, 0.3) is 0 Å². The number of aromatic nitrogens is 3. The molecule has 154 valence electrons. The van der Waals surface area contributed by atoms with Gasteiger partial charge in [0, 0.05) is 36.4 Å². The first-order valence-corrected chi connectivity index (χ1v) is 10.1. The van der Waals surface area contributed by atoms with Crippen LogP contribution in [0.1, 0.15) is 0 Å². The van der Waals surface area contributed by atoms with Crippen LogP contribution >= 0.6 is 0 Å². The van der Waals surface area contributed by atoms with Gasteiger partial charge in [-0.25, -0.2) is 9.97 Å². The van der Waals surface area contributed by atoms with Crippen LogP contribution in [-0.2, 0) is 4.79 Å². The van der Waals surface area contributed by atoms with Gasteiger partial charge in [0.05, 0.1) is 19.2 Å². The van der Waals surface area contributed by atoms with Gasteiger partial charge in [0.2, 0.25) is 5.91 Å². The van der Waals surface area contributed by atoms with Crippen molar-refractivity contribution in [3.63, 3.8) is 0 Å². The Balaban J connectivity index is 1.69. The Morgan fingerprint density at radius 3 is 2.68 bits per heavy atom. The highest BCUT2D eigenvalue weighted by Gasteiger charge is 2.21. The molecule has 31 heavy (non-hydrogen) atoms. The number of fused-ring (bicyclic) bond motifs is 1. The number of pyridine rings is 1. The fourth-order valence-corrected chi connectivity index (χ4v) is 3.78. The quantitative estimate of drug-likeness (QED) is 0.555. The van der Waals surface area contributed by atoms with Crippen molar-refractivity contribution in [3.05, 3.63) is 67.0 Å². The zero-order valence-electron chi connectivity index (χ0n) is 17.1. The van der Waals surface area contributed by atoms with Crippen LogP contribution in [-0.4, -0.2) is 47.6 Å². The summed E-state index contributed by atoms with van der Waals surface area (Å²) in [5.41, 5.74) is 3.73. The molecule has 4 aromatic rings. The lowest BCUT2D eigenvalue weighted by Crippen LogP contribution is -2.48. The second-order valence-electron chi connectivity index (χ2n) is 7.35. The summed E-state index contributed by atoms with van der Waals surface area (Å²) in [6.07, 6.45) is 3.47. The summed E-state index contributed by atoms with van der Waals surface area (Å²) in [6, 6.07) is 17.9. The third-order valence-electron chi connectivity index (χ3n) is 5.34. The van der Waals surface area contributed by atoms with Crippen LogP contribution in [0.3, 0.4) is 0 Å². The number of carbonyl (C=O) groups excluding carboxylic acids is 1. The minimum Gasteiger partial charge on any atom is -0.497 e. The van der Waals surface area contributed by atoms with Gasteiger partial charge in [-0.15, -0.1) is 0 Å². The van der Waals surface area contributed by atoms with Crippen molar-refractivity contribution in [2.24, 2.45) is 0 Å². The molecule has 0 saturated carbocycles. The van der Waals surface area contributed by atoms with Crippen molar-refractivity contribution >= 4 is 22.6 Å². The minimum absolute atomic E-state index is 0.00936. The summed E-state index contributed by atoms with van der Waals surface area (Å²) >= 11 is 0. The normalized spacial score (nSPS) is 13.8. The lowest BCUT2D eigenvalue weighted by Gasteiger charge is -2.29. The first-order valence-electron chi connectivity index (χ1n) is 10.1. The van der Waals surface area contributed by atoms with Gasteiger partial charge in [0.1, 0.15) is 11.6 Å². The van der Waals surface area contributed by atoms with E-state index in [4.69, 9.17) is 14.7 Å². The van der Waals surface area contributed by atoms with E-state index in [1.165, 1.54) is 0 Å². The van der Waals surface area contributed by atoms with E-state index in [0.717, 1.165) is 39.2 Å². The maximum absolute atomic E-state index is 12.1. The number of nitrogens with one attached hydrogen (secondary N) is 1. The predicted molar refractivity (Wildman–Crippen MR) is 120 cm³/mol. The molecule has 1 amide bonds. The molecule has 1 saturated heterocycles. The molecule has 0 unspecified atom stereocenters. The number of hydrogen-bond acceptors (Lipinski definition) is 6. The van der Waals surface area contributed by atoms with E-state index < -0.39 is 0 Å². The Kier molecular flexibility index (Phi) is 4.92. The van der Waals surface area contributed by atoms with Crippen LogP contribution in [0.4, 0.5) is 5.82 Å². The van der Waals surface area contributed by atoms with Crippen molar-refractivity contribution in [1.29, 1.82) is 0 Å². The van der Waals surface area contributed by atoms with Crippen molar-refractivity contribution in [3.8, 4) is 28.3 Å². The predicted octanol–water partition coefficient (Wildman–Crippen LogP) is 3.30. The standard InChI is InChI=1S/C24H21N5O2/c1-31-19-6-2-4-16(12-19)17-7-8-21-20(13-17)24(29-11-10-26-22(30)15-29)28-23(27-21)18-5-3-9-25-14-18/h2-9,12-14H,10-11,15H2,1H3,(H,26,30). The molecule has 0 spiro atoms. The highest BCUT2D eigenvalue weighted by Crippen LogP contribution is 2.32. The summed E-state index contributed by atoms with van der Waals surface area (Å²) in [5, 5.41) is 3.78. The molecule has 5 rings (SSSR count). The van der Waals surface area contributed by atoms with Crippen LogP contribution in [0.2, 0.25) is 0 Å². The van der Waals surface area contributed by atoms with E-state index in [0.29, 0.717) is 18.9 Å². The molecule has 0 atom stereocenters. The van der Waals surface area contributed by atoms with Crippen molar-refractivity contribution in [2.45, 2.75) is 0 Å². The molecule has 7 heteroatoms. The molecule has 1 fully saturated rings. The maximum atomic E-state index is 12.1. The number of piperazine rings is 1. The van der Waals surface area contributed by atoms with Gasteiger partial charge in [-0.05, 0) is 47.5 Å². The van der Waals surface area contributed by atoms with Crippen LogP contribution in [0.5, 0.6) is 5.75 Å². The average molecular weight is 411 g/mol. The van der Waals surface area contributed by atoms with Crippen LogP contribution < -0.4 is 15.0 Å². The zero-order valence-corrected chi connectivity index (χ0v) is 17.1. The van der Waals surface area contributed by atoms with E-state index in [1.54, 1.807) is 19.5 Å². The lowest BCUT2D eigenvalue weighted by atomic mass is 10.0. The molecule has 1 aliphatic rings. The summed E-state index contributed by atoms with van der Waals surface area (Å²) in [6.45, 7) is 1.54. The molecule has 0 bridgehead atoms. The third kappa shape index (κ3) is 3.77. The first kappa shape index (κ1) is 19.0. The first-order chi connectivity index (χ1) is 15.2. The molecule has 1 aliphatic heterocycles. The third-order valence-corrected chi connectivity index (χ3v) is 5.34. The molecular weight excluding hydrogens is 390 g/mol. The van der Waals surface area contributed by atoms with E-state index in [2.05, 4.69) is 16.4 Å². The monoisotopic (exact) mass is 411 g/mol. The Bertz CT molecular complexity index is 1260. The van der Waals surface area contributed by atoms with Gasteiger partial charge < -0.3 is 15.0 Å². The van der Waals surface area contributed by atoms with Gasteiger partial charge in [-0.1, -0.05) is 18.2 Å². The van der Waals surface area contributed by atoms with Gasteiger partial charge >= 0.3 is 0 Å². The molecule has 1 N–H and O–H groups in total. The summed E-state index contributed by atoms with van der Waals surface area (Å²) in [7, 11) is 1.66. The number of amides is 1. The Hall–Kier alpha value is -4.00. The number of carbonyl (C=O) groups is 1. The number of methoxy groups -OCH3 is 1. The maximum Gasteiger partial charge on any atom is 0.239 e. The SMILES string of the molecule is COc1cccc(-c2ccc3nc(-c4cccnc4)nc(N4CCNC(=O)C4)c3c2)c1. The van der Waals surface area contributed by atoms with E-state index >= 15 is 0 Å². The molecule has 0 aliphatic carbocycles. The van der Waals surface area contributed by atoms with Crippen molar-refractivity contribution in [1.82, 2.24) is 20.3 Å². The van der Waals surface area contributed by atoms with Crippen LogP contribution in [0.25, 0.3) is 33.4 Å². The van der Waals surface area contributed by atoms with E-state index in [1.807, 2.05) is 53.4 Å². The second kappa shape index (κ2) is 8.02. The van der Waals surface area contributed by atoms with Crippen LogP contribution in [0, 0.1) is 0 Å². The number of hydrogen-bond donors (Lipinski definition) is 1. The van der Waals surface area contributed by atoms with Gasteiger partial charge in [-0.2, -0.15) is 0 Å². The van der Waals surface area contributed by atoms with Crippen molar-refractivity contribution < 1.29 is 9.53 Å². The smallest absolute Gasteiger partial charge is 0.239 e. The number of nitrogens with zero attached hydrogens (tertiary/aromatic N) is 4. The molecule has 2 aromatic carbocycles. The Morgan fingerprint density at radius 1 is 1.00 bits per heavy atom. The van der Waals surface area contributed by atoms with Gasteiger partial charge in [-0.3, -0.25) is 9.78 Å². The number of benzene rings is 2. The highest BCUT2D eigenvalue weighted by atomic mass is 16.5. The number of anilines is 1. The average Bonchev–Trinajstić information content (AvgIpc) is 2.83. The number of ether oxygens (including phenoxy) is 1. The zero-order chi connectivity index (χ0) is 21.2. The minimum atomic E-state index is -0.00936. The molecular formula is C24H21N5O2. The molecule has 2 aromatic heterocycles. The number of rotatable bonds is 4. The molecule has 7 nitrogen and oxygen atoms in total. The fourth-order valence-electron chi connectivity index (χ4n) is 3.78. The lowest BCUT2D eigenvalue weighted by molar-refractivity contribution is -0.120. The molecule has 0 radical (unpaired) electrons. The van der Waals surface area contributed by atoms with E-state index in [-0.39, 0.29) is 12.5 Å². The van der Waals surface area contributed by atoms with Crippen molar-refractivity contribution in [2.75, 3.05) is 31.6 Å². The highest BCUT2D eigenvalue weighted by molar-refractivity contribution is 5.96. The van der Waals surface area contributed by atoms with Gasteiger partial charge in [0.15, 0.2) is 5.82 Å². The largest absolute Gasteiger partial charge is 0.497 e. The fraction of sp³-hybridized carbons (Fsp3) is 0.167.